The van der Waals surface area contributed by atoms with Gasteiger partial charge in [0.05, 0.1) is 24.9 Å². The lowest BCUT2D eigenvalue weighted by molar-refractivity contribution is -0.139. The highest BCUT2D eigenvalue weighted by atomic mass is 35.5. The molecule has 2 amide bonds. The van der Waals surface area contributed by atoms with Crippen molar-refractivity contribution in [2.24, 2.45) is 5.92 Å². The minimum Gasteiger partial charge on any atom is -0.469 e. The van der Waals surface area contributed by atoms with E-state index in [0.717, 1.165) is 24.1 Å². The maximum atomic E-state index is 13.4. The van der Waals surface area contributed by atoms with Gasteiger partial charge in [-0.05, 0) is 71.1 Å². The molecule has 1 atom stereocenters. The first-order valence-corrected chi connectivity index (χ1v) is 13.5. The van der Waals surface area contributed by atoms with Crippen LogP contribution in [0.3, 0.4) is 0 Å². The van der Waals surface area contributed by atoms with Crippen LogP contribution in [0.4, 0.5) is 5.69 Å². The number of ether oxygens (including phenoxy) is 1. The van der Waals surface area contributed by atoms with Crippen molar-refractivity contribution < 1.29 is 23.9 Å². The van der Waals surface area contributed by atoms with Crippen LogP contribution < -0.4 is 10.6 Å². The number of anilines is 1. The first-order chi connectivity index (χ1) is 19.3. The zero-order valence-electron chi connectivity index (χ0n) is 22.2. The number of hydrogen-bond donors (Lipinski definition) is 2. The molecule has 40 heavy (non-hydrogen) atoms. The summed E-state index contributed by atoms with van der Waals surface area (Å²) in [5.74, 6) is -1.60. The van der Waals surface area contributed by atoms with Gasteiger partial charge in [-0.25, -0.2) is 4.68 Å². The lowest BCUT2D eigenvalue weighted by atomic mass is 9.90. The summed E-state index contributed by atoms with van der Waals surface area (Å²) in [7, 11) is 1.30. The molecule has 0 bridgehead atoms. The second-order valence-corrected chi connectivity index (χ2v) is 10.1. The number of rotatable bonds is 7. The number of methoxy groups -OCH3 is 1. The Balaban J connectivity index is 1.47. The van der Waals surface area contributed by atoms with Crippen LogP contribution in [0.25, 0.3) is 5.69 Å². The Morgan fingerprint density at radius 3 is 2.77 bits per heavy atom. The Morgan fingerprint density at radius 2 is 2.00 bits per heavy atom. The monoisotopic (exact) mass is 566 g/mol. The van der Waals surface area contributed by atoms with Crippen LogP contribution >= 0.6 is 11.6 Å². The first-order valence-electron chi connectivity index (χ1n) is 13.2. The van der Waals surface area contributed by atoms with Gasteiger partial charge in [-0.2, -0.15) is 0 Å². The van der Waals surface area contributed by atoms with Crippen molar-refractivity contribution in [1.82, 2.24) is 25.5 Å². The third kappa shape index (κ3) is 7.72. The number of esters is 1. The summed E-state index contributed by atoms with van der Waals surface area (Å²) in [6.45, 7) is 0.336. The highest BCUT2D eigenvalue weighted by molar-refractivity contribution is 6.30. The fourth-order valence-electron chi connectivity index (χ4n) is 4.73. The third-order valence-electron chi connectivity index (χ3n) is 6.82. The smallest absolute Gasteiger partial charge is 0.309 e. The number of hydrogen-bond acceptors (Lipinski definition) is 8. The number of fused-ring (bicyclic) bond motifs is 1. The minimum absolute atomic E-state index is 0.00189. The van der Waals surface area contributed by atoms with Gasteiger partial charge in [0, 0.05) is 35.9 Å². The Morgan fingerprint density at radius 1 is 1.15 bits per heavy atom. The molecule has 2 heterocycles. The zero-order valence-corrected chi connectivity index (χ0v) is 22.9. The average molecular weight is 567 g/mol. The van der Waals surface area contributed by atoms with Crippen LogP contribution in [0.1, 0.15) is 60.0 Å². The van der Waals surface area contributed by atoms with Crippen molar-refractivity contribution in [3.63, 3.8) is 0 Å². The zero-order chi connectivity index (χ0) is 28.5. The number of nitrogens with one attached hydrogen (secondary N) is 2. The molecule has 12 heteroatoms. The minimum atomic E-state index is -0.524. The molecule has 4 rings (SSSR count). The summed E-state index contributed by atoms with van der Waals surface area (Å²) in [5.41, 5.74) is 2.89. The van der Waals surface area contributed by atoms with Crippen LogP contribution in [-0.2, 0) is 32.0 Å². The van der Waals surface area contributed by atoms with E-state index in [4.69, 9.17) is 16.3 Å². The van der Waals surface area contributed by atoms with Gasteiger partial charge in [-0.15, -0.1) is 5.10 Å². The molecule has 11 nitrogen and oxygen atoms in total. The number of carbonyl (C=O) groups is 4. The number of benzene rings is 2. The fraction of sp³-hybridized carbons (Fsp3) is 0.393. The number of aromatic nitrogens is 4. The van der Waals surface area contributed by atoms with Gasteiger partial charge in [-0.1, -0.05) is 30.5 Å². The van der Waals surface area contributed by atoms with Crippen LogP contribution in [0.5, 0.6) is 0 Å². The van der Waals surface area contributed by atoms with Crippen LogP contribution in [0.15, 0.2) is 42.7 Å². The van der Waals surface area contributed by atoms with Crippen molar-refractivity contribution in [3.05, 3.63) is 64.4 Å². The van der Waals surface area contributed by atoms with E-state index in [1.165, 1.54) is 18.1 Å². The van der Waals surface area contributed by atoms with Gasteiger partial charge in [-0.3, -0.25) is 19.2 Å². The van der Waals surface area contributed by atoms with E-state index in [9.17, 15) is 19.2 Å². The van der Waals surface area contributed by atoms with E-state index in [1.807, 2.05) is 12.1 Å². The highest BCUT2D eigenvalue weighted by Gasteiger charge is 2.25. The van der Waals surface area contributed by atoms with E-state index in [-0.39, 0.29) is 30.4 Å². The summed E-state index contributed by atoms with van der Waals surface area (Å²) >= 11 is 6.20. The number of halogens is 1. The fourth-order valence-corrected chi connectivity index (χ4v) is 4.92. The van der Waals surface area contributed by atoms with Crippen molar-refractivity contribution in [2.45, 2.75) is 51.4 Å². The van der Waals surface area contributed by atoms with E-state index in [0.29, 0.717) is 54.1 Å². The average Bonchev–Trinajstić information content (AvgIpc) is 3.46. The van der Waals surface area contributed by atoms with Gasteiger partial charge in [0.25, 0.3) is 0 Å². The molecule has 0 fully saturated rings. The van der Waals surface area contributed by atoms with E-state index < -0.39 is 11.9 Å². The molecule has 210 valence electrons. The third-order valence-corrected chi connectivity index (χ3v) is 7.06. The standard InChI is InChI=1S/C28H31ClN6O5/c1-40-27(38)14-18-7-9-22-23(13-18)32-26(37)6-4-2-3-5-20(16-25(22)36)28(39)30-12-11-19-15-21(29)8-10-24(19)35-17-31-33-34-35/h7-10,13,15,17,20H,2-6,11-12,14,16H2,1H3,(H,30,39)(H,32,37). The van der Waals surface area contributed by atoms with Gasteiger partial charge >= 0.3 is 5.97 Å². The quantitative estimate of drug-likeness (QED) is 0.413. The first kappa shape index (κ1) is 28.9. The van der Waals surface area contributed by atoms with E-state index >= 15 is 0 Å². The maximum absolute atomic E-state index is 13.4. The number of nitrogens with zero attached hydrogens (tertiary/aromatic N) is 4. The van der Waals surface area contributed by atoms with Crippen LogP contribution in [-0.4, -0.2) is 57.4 Å². The molecule has 2 aromatic carbocycles. The second-order valence-electron chi connectivity index (χ2n) is 9.67. The lowest BCUT2D eigenvalue weighted by Gasteiger charge is -2.19. The SMILES string of the molecule is COC(=O)Cc1ccc2c(c1)NC(=O)CCCCCC(C(=O)NCCc1cc(Cl)ccc1-n1cnnn1)CC2=O. The van der Waals surface area contributed by atoms with Crippen molar-refractivity contribution in [3.8, 4) is 5.69 Å². The highest BCUT2D eigenvalue weighted by Crippen LogP contribution is 2.26. The summed E-state index contributed by atoms with van der Waals surface area (Å²) in [6.07, 6.45) is 4.97. The normalized spacial score (nSPS) is 16.2. The molecule has 3 aromatic rings. The Labute approximate surface area is 236 Å². The number of carbonyl (C=O) groups excluding carboxylic acids is 4. The summed E-state index contributed by atoms with van der Waals surface area (Å²) < 4.78 is 6.26. The molecule has 1 unspecified atom stereocenters. The Hall–Kier alpha value is -4.12. The van der Waals surface area contributed by atoms with Crippen molar-refractivity contribution >= 4 is 40.9 Å². The van der Waals surface area contributed by atoms with Crippen molar-refractivity contribution in [1.29, 1.82) is 0 Å². The molecule has 0 saturated heterocycles. The van der Waals surface area contributed by atoms with E-state index in [2.05, 4.69) is 26.2 Å². The van der Waals surface area contributed by atoms with Gasteiger partial charge in [0.1, 0.15) is 6.33 Å². The molecular weight excluding hydrogens is 536 g/mol. The molecule has 0 saturated carbocycles. The number of tetrazole rings is 1. The molecule has 1 aromatic heterocycles. The summed E-state index contributed by atoms with van der Waals surface area (Å²) in [6, 6.07) is 10.2. The number of Topliss-reactive ketones (excluding diaryl/α,β-unsaturated/α-hetero) is 1. The Kier molecular flexibility index (Phi) is 9.96. The van der Waals surface area contributed by atoms with Crippen LogP contribution in [0, 0.1) is 5.92 Å². The number of amides is 2. The van der Waals surface area contributed by atoms with Gasteiger partial charge in [0.2, 0.25) is 11.8 Å². The van der Waals surface area contributed by atoms with Crippen molar-refractivity contribution in [2.75, 3.05) is 19.0 Å². The number of ketones is 1. The van der Waals surface area contributed by atoms with Gasteiger partial charge in [0.15, 0.2) is 5.78 Å². The largest absolute Gasteiger partial charge is 0.469 e. The van der Waals surface area contributed by atoms with Gasteiger partial charge < -0.3 is 15.4 Å². The Bertz CT molecular complexity index is 1380. The molecule has 1 aliphatic heterocycles. The second kappa shape index (κ2) is 13.8. The molecule has 2 N–H and O–H groups in total. The molecule has 0 spiro atoms. The predicted octanol–water partition coefficient (Wildman–Crippen LogP) is 3.48. The predicted molar refractivity (Wildman–Crippen MR) is 147 cm³/mol. The summed E-state index contributed by atoms with van der Waals surface area (Å²) in [4.78, 5) is 50.9. The lowest BCUT2D eigenvalue weighted by Crippen LogP contribution is -2.34. The summed E-state index contributed by atoms with van der Waals surface area (Å²) in [5, 5.41) is 17.6. The van der Waals surface area contributed by atoms with E-state index in [1.54, 1.807) is 24.3 Å². The molecule has 0 radical (unpaired) electrons. The maximum Gasteiger partial charge on any atom is 0.309 e. The molecule has 0 aliphatic carbocycles. The molecular formula is C28H31ClN6O5. The molecule has 1 aliphatic rings. The topological polar surface area (TPSA) is 145 Å². The van der Waals surface area contributed by atoms with Crippen LogP contribution in [0.2, 0.25) is 5.02 Å².